The second-order valence-electron chi connectivity index (χ2n) is 3.21. The normalized spacial score (nSPS) is 10.3. The van der Waals surface area contributed by atoms with Crippen LogP contribution in [0.2, 0.25) is 0 Å². The Hall–Kier alpha value is -1.35. The van der Waals surface area contributed by atoms with Crippen LogP contribution in [0.15, 0.2) is 35.3 Å². The standard InChI is InChI=1S/C11H12N2S/c12-11-3-5-13-7-10(11)2-1-9-4-6-14-8-9/h3-8H,1-2H2,(H2,12,13). The summed E-state index contributed by atoms with van der Waals surface area (Å²) >= 11 is 1.73. The van der Waals surface area contributed by atoms with Crippen molar-refractivity contribution in [1.82, 2.24) is 4.98 Å². The lowest BCUT2D eigenvalue weighted by Crippen LogP contribution is -1.97. The number of anilines is 1. The van der Waals surface area contributed by atoms with Crippen LogP contribution >= 0.6 is 11.3 Å². The van der Waals surface area contributed by atoms with Crippen LogP contribution in [0.4, 0.5) is 5.69 Å². The minimum Gasteiger partial charge on any atom is -0.398 e. The predicted molar refractivity (Wildman–Crippen MR) is 60.4 cm³/mol. The molecular formula is C11H12N2S. The van der Waals surface area contributed by atoms with Gasteiger partial charge in [-0.05, 0) is 46.9 Å². The van der Waals surface area contributed by atoms with Crippen LogP contribution in [0.25, 0.3) is 0 Å². The number of nitrogens with two attached hydrogens (primary N) is 1. The molecule has 0 aromatic carbocycles. The lowest BCUT2D eigenvalue weighted by Gasteiger charge is -2.02. The van der Waals surface area contributed by atoms with Gasteiger partial charge in [0, 0.05) is 18.1 Å². The maximum atomic E-state index is 5.82. The number of rotatable bonds is 3. The first kappa shape index (κ1) is 9.21. The fraction of sp³-hybridized carbons (Fsp3) is 0.182. The first-order chi connectivity index (χ1) is 6.86. The molecule has 0 amide bonds. The number of nitrogen functional groups attached to an aromatic ring is 1. The molecule has 0 fully saturated rings. The lowest BCUT2D eigenvalue weighted by atomic mass is 10.1. The van der Waals surface area contributed by atoms with Gasteiger partial charge in [0.15, 0.2) is 0 Å². The zero-order valence-electron chi connectivity index (χ0n) is 7.81. The molecule has 2 rings (SSSR count). The quantitative estimate of drug-likeness (QED) is 0.834. The molecule has 2 aromatic rings. The Kier molecular flexibility index (Phi) is 2.79. The van der Waals surface area contributed by atoms with E-state index in [4.69, 9.17) is 5.73 Å². The van der Waals surface area contributed by atoms with E-state index in [2.05, 4.69) is 21.8 Å². The van der Waals surface area contributed by atoms with Crippen LogP contribution in [0.3, 0.4) is 0 Å². The van der Waals surface area contributed by atoms with E-state index in [1.807, 2.05) is 12.3 Å². The van der Waals surface area contributed by atoms with Crippen LogP contribution in [0, 0.1) is 0 Å². The summed E-state index contributed by atoms with van der Waals surface area (Å²) in [7, 11) is 0. The Morgan fingerprint density at radius 1 is 1.29 bits per heavy atom. The molecule has 0 saturated carbocycles. The van der Waals surface area contributed by atoms with Crippen molar-refractivity contribution >= 4 is 17.0 Å². The summed E-state index contributed by atoms with van der Waals surface area (Å²) in [5.41, 5.74) is 9.18. The highest BCUT2D eigenvalue weighted by Gasteiger charge is 1.99. The fourth-order valence-corrected chi connectivity index (χ4v) is 2.06. The smallest absolute Gasteiger partial charge is 0.0377 e. The summed E-state index contributed by atoms with van der Waals surface area (Å²) in [5.74, 6) is 0. The van der Waals surface area contributed by atoms with E-state index in [9.17, 15) is 0 Å². The lowest BCUT2D eigenvalue weighted by molar-refractivity contribution is 0.958. The number of thiophene rings is 1. The van der Waals surface area contributed by atoms with Gasteiger partial charge >= 0.3 is 0 Å². The Labute approximate surface area is 87.4 Å². The average Bonchev–Trinajstić information content (AvgIpc) is 2.69. The van der Waals surface area contributed by atoms with Crippen molar-refractivity contribution in [2.75, 3.05) is 5.73 Å². The van der Waals surface area contributed by atoms with Gasteiger partial charge in [-0.1, -0.05) is 0 Å². The van der Waals surface area contributed by atoms with E-state index in [-0.39, 0.29) is 0 Å². The number of nitrogens with zero attached hydrogens (tertiary/aromatic N) is 1. The average molecular weight is 204 g/mol. The maximum absolute atomic E-state index is 5.82. The SMILES string of the molecule is Nc1ccncc1CCc1ccsc1. The Bertz CT molecular complexity index is 395. The number of aromatic nitrogens is 1. The van der Waals surface area contributed by atoms with Crippen molar-refractivity contribution in [2.24, 2.45) is 0 Å². The minimum absolute atomic E-state index is 0.843. The zero-order valence-corrected chi connectivity index (χ0v) is 8.63. The zero-order chi connectivity index (χ0) is 9.80. The molecule has 0 aliphatic carbocycles. The second-order valence-corrected chi connectivity index (χ2v) is 3.99. The van der Waals surface area contributed by atoms with Crippen LogP contribution in [0.5, 0.6) is 0 Å². The van der Waals surface area contributed by atoms with E-state index < -0.39 is 0 Å². The number of hydrogen-bond donors (Lipinski definition) is 1. The summed E-state index contributed by atoms with van der Waals surface area (Å²) in [6, 6.07) is 4.00. The van der Waals surface area contributed by atoms with Crippen molar-refractivity contribution in [1.29, 1.82) is 0 Å². The van der Waals surface area contributed by atoms with E-state index in [0.717, 1.165) is 24.1 Å². The second kappa shape index (κ2) is 4.24. The van der Waals surface area contributed by atoms with Gasteiger partial charge in [0.25, 0.3) is 0 Å². The van der Waals surface area contributed by atoms with Crippen molar-refractivity contribution in [3.63, 3.8) is 0 Å². The van der Waals surface area contributed by atoms with Gasteiger partial charge in [-0.3, -0.25) is 4.98 Å². The van der Waals surface area contributed by atoms with Gasteiger partial charge in [0.2, 0.25) is 0 Å². The molecule has 3 heteroatoms. The highest BCUT2D eigenvalue weighted by Crippen LogP contribution is 2.14. The fourth-order valence-electron chi connectivity index (χ4n) is 1.36. The van der Waals surface area contributed by atoms with Crippen LogP contribution in [-0.4, -0.2) is 4.98 Å². The monoisotopic (exact) mass is 204 g/mol. The van der Waals surface area contributed by atoms with Gasteiger partial charge in [-0.2, -0.15) is 11.3 Å². The van der Waals surface area contributed by atoms with E-state index in [1.165, 1.54) is 5.56 Å². The Morgan fingerprint density at radius 2 is 2.21 bits per heavy atom. The molecule has 0 atom stereocenters. The molecule has 2 nitrogen and oxygen atoms in total. The topological polar surface area (TPSA) is 38.9 Å². The molecule has 0 saturated heterocycles. The van der Waals surface area contributed by atoms with E-state index >= 15 is 0 Å². The molecule has 0 radical (unpaired) electrons. The largest absolute Gasteiger partial charge is 0.398 e. The summed E-state index contributed by atoms with van der Waals surface area (Å²) in [6.45, 7) is 0. The van der Waals surface area contributed by atoms with Crippen LogP contribution in [-0.2, 0) is 12.8 Å². The van der Waals surface area contributed by atoms with E-state index in [1.54, 1.807) is 17.5 Å². The summed E-state index contributed by atoms with van der Waals surface area (Å²) < 4.78 is 0. The molecule has 72 valence electrons. The molecule has 0 aliphatic rings. The Morgan fingerprint density at radius 3 is 2.93 bits per heavy atom. The van der Waals surface area contributed by atoms with Crippen LogP contribution in [0.1, 0.15) is 11.1 Å². The predicted octanol–water partition coefficient (Wildman–Crippen LogP) is 2.51. The third kappa shape index (κ3) is 2.12. The molecule has 14 heavy (non-hydrogen) atoms. The molecule has 2 aromatic heterocycles. The van der Waals surface area contributed by atoms with Crippen LogP contribution < -0.4 is 5.73 Å². The third-order valence-corrected chi connectivity index (χ3v) is 2.94. The number of pyridine rings is 1. The van der Waals surface area contributed by atoms with Gasteiger partial charge in [-0.15, -0.1) is 0 Å². The molecule has 2 N–H and O–H groups in total. The molecule has 0 bridgehead atoms. The molecule has 0 unspecified atom stereocenters. The first-order valence-corrected chi connectivity index (χ1v) is 5.50. The van der Waals surface area contributed by atoms with Gasteiger partial charge < -0.3 is 5.73 Å². The van der Waals surface area contributed by atoms with Crippen molar-refractivity contribution in [3.05, 3.63) is 46.4 Å². The maximum Gasteiger partial charge on any atom is 0.0377 e. The summed E-state index contributed by atoms with van der Waals surface area (Å²) in [5, 5.41) is 4.27. The van der Waals surface area contributed by atoms with Crippen molar-refractivity contribution in [3.8, 4) is 0 Å². The Balaban J connectivity index is 2.02. The molecule has 2 heterocycles. The highest BCUT2D eigenvalue weighted by atomic mass is 32.1. The molecule has 0 aliphatic heterocycles. The van der Waals surface area contributed by atoms with Gasteiger partial charge in [0.05, 0.1) is 0 Å². The van der Waals surface area contributed by atoms with Crippen molar-refractivity contribution < 1.29 is 0 Å². The van der Waals surface area contributed by atoms with Gasteiger partial charge in [0.1, 0.15) is 0 Å². The number of aryl methyl sites for hydroxylation is 2. The van der Waals surface area contributed by atoms with Crippen molar-refractivity contribution in [2.45, 2.75) is 12.8 Å². The third-order valence-electron chi connectivity index (χ3n) is 2.20. The van der Waals surface area contributed by atoms with Gasteiger partial charge in [-0.25, -0.2) is 0 Å². The number of hydrogen-bond acceptors (Lipinski definition) is 3. The summed E-state index contributed by atoms with van der Waals surface area (Å²) in [4.78, 5) is 4.07. The molecular weight excluding hydrogens is 192 g/mol. The molecule has 0 spiro atoms. The highest BCUT2D eigenvalue weighted by molar-refractivity contribution is 7.07. The van der Waals surface area contributed by atoms with E-state index in [0.29, 0.717) is 0 Å². The minimum atomic E-state index is 0.843. The first-order valence-electron chi connectivity index (χ1n) is 4.55. The summed E-state index contributed by atoms with van der Waals surface area (Å²) in [6.07, 6.45) is 5.58.